The summed E-state index contributed by atoms with van der Waals surface area (Å²) < 4.78 is 11.1. The molecular formula is C17H20N2O3. The Kier molecular flexibility index (Phi) is 3.88. The lowest BCUT2D eigenvalue weighted by molar-refractivity contribution is 0.0518. The van der Waals surface area contributed by atoms with Gasteiger partial charge in [-0.1, -0.05) is 26.0 Å². The highest BCUT2D eigenvalue weighted by Crippen LogP contribution is 2.40. The van der Waals surface area contributed by atoms with E-state index < -0.39 is 0 Å². The van der Waals surface area contributed by atoms with Crippen LogP contribution in [0.1, 0.15) is 48.3 Å². The van der Waals surface area contributed by atoms with Crippen molar-refractivity contribution in [3.05, 3.63) is 35.0 Å². The van der Waals surface area contributed by atoms with Gasteiger partial charge >= 0.3 is 5.97 Å². The standard InChI is InChI=1S/C17H20N2O3/c1-4-21-17(20)15-12-8-9-22-16-11(10(2)3)6-5-7-13(16)14(12)18-19-15/h5-7,10H,4,8-9H2,1-3H3,(H,18,19). The van der Waals surface area contributed by atoms with Crippen LogP contribution in [0.5, 0.6) is 5.75 Å². The quantitative estimate of drug-likeness (QED) is 0.883. The van der Waals surface area contributed by atoms with Gasteiger partial charge in [0, 0.05) is 17.5 Å². The monoisotopic (exact) mass is 300 g/mol. The van der Waals surface area contributed by atoms with Crippen molar-refractivity contribution < 1.29 is 14.3 Å². The van der Waals surface area contributed by atoms with Gasteiger partial charge in [-0.05, 0) is 24.5 Å². The van der Waals surface area contributed by atoms with Gasteiger partial charge in [0.2, 0.25) is 0 Å². The molecule has 0 unspecified atom stereocenters. The van der Waals surface area contributed by atoms with Gasteiger partial charge in [0.15, 0.2) is 0 Å². The zero-order valence-corrected chi connectivity index (χ0v) is 13.1. The Bertz CT molecular complexity index is 704. The van der Waals surface area contributed by atoms with Gasteiger partial charge in [0.1, 0.15) is 11.4 Å². The molecular weight excluding hydrogens is 280 g/mol. The summed E-state index contributed by atoms with van der Waals surface area (Å²) in [7, 11) is 0. The number of ether oxygens (including phenoxy) is 2. The lowest BCUT2D eigenvalue weighted by atomic mass is 9.96. The third kappa shape index (κ3) is 2.36. The fourth-order valence-electron chi connectivity index (χ4n) is 2.82. The molecule has 1 aromatic carbocycles. The van der Waals surface area contributed by atoms with Gasteiger partial charge in [-0.25, -0.2) is 4.79 Å². The molecule has 1 aliphatic rings. The number of para-hydroxylation sites is 1. The smallest absolute Gasteiger partial charge is 0.356 e. The van der Waals surface area contributed by atoms with Crippen LogP contribution >= 0.6 is 0 Å². The summed E-state index contributed by atoms with van der Waals surface area (Å²) in [4.78, 5) is 12.0. The van der Waals surface area contributed by atoms with Crippen molar-refractivity contribution in [2.45, 2.75) is 33.1 Å². The van der Waals surface area contributed by atoms with E-state index in [2.05, 4.69) is 30.1 Å². The zero-order chi connectivity index (χ0) is 15.7. The molecule has 1 N–H and O–H groups in total. The third-order valence-electron chi connectivity index (χ3n) is 3.87. The minimum absolute atomic E-state index is 0.344. The predicted octanol–water partition coefficient (Wildman–Crippen LogP) is 3.31. The Balaban J connectivity index is 2.13. The number of H-pyrrole nitrogens is 1. The highest BCUT2D eigenvalue weighted by molar-refractivity contribution is 5.92. The lowest BCUT2D eigenvalue weighted by Crippen LogP contribution is -2.09. The molecule has 0 bridgehead atoms. The lowest BCUT2D eigenvalue weighted by Gasteiger charge is -2.15. The van der Waals surface area contributed by atoms with E-state index in [1.807, 2.05) is 12.1 Å². The van der Waals surface area contributed by atoms with Crippen LogP contribution in [0.3, 0.4) is 0 Å². The van der Waals surface area contributed by atoms with E-state index in [9.17, 15) is 4.79 Å². The SMILES string of the molecule is CCOC(=O)c1[nH]nc2c1CCOc1c-2cccc1C(C)C. The Morgan fingerprint density at radius 1 is 1.45 bits per heavy atom. The zero-order valence-electron chi connectivity index (χ0n) is 13.1. The second-order valence-corrected chi connectivity index (χ2v) is 5.62. The number of hydrogen-bond donors (Lipinski definition) is 1. The van der Waals surface area contributed by atoms with E-state index in [1.54, 1.807) is 6.92 Å². The predicted molar refractivity (Wildman–Crippen MR) is 83.3 cm³/mol. The molecule has 2 aromatic rings. The van der Waals surface area contributed by atoms with Crippen LogP contribution in [-0.2, 0) is 11.2 Å². The summed E-state index contributed by atoms with van der Waals surface area (Å²) in [5, 5.41) is 7.19. The van der Waals surface area contributed by atoms with Crippen molar-refractivity contribution in [3.63, 3.8) is 0 Å². The minimum Gasteiger partial charge on any atom is -0.492 e. The molecule has 2 heterocycles. The number of carbonyl (C=O) groups is 1. The highest BCUT2D eigenvalue weighted by Gasteiger charge is 2.26. The maximum Gasteiger partial charge on any atom is 0.356 e. The molecule has 116 valence electrons. The van der Waals surface area contributed by atoms with Gasteiger partial charge in [-0.3, -0.25) is 5.10 Å². The first-order chi connectivity index (χ1) is 10.6. The van der Waals surface area contributed by atoms with E-state index in [0.29, 0.717) is 31.2 Å². The fourth-order valence-corrected chi connectivity index (χ4v) is 2.82. The molecule has 22 heavy (non-hydrogen) atoms. The Morgan fingerprint density at radius 2 is 2.27 bits per heavy atom. The first kappa shape index (κ1) is 14.6. The van der Waals surface area contributed by atoms with Crippen molar-refractivity contribution in [2.24, 2.45) is 0 Å². The fraction of sp³-hybridized carbons (Fsp3) is 0.412. The normalized spacial score (nSPS) is 13.1. The summed E-state index contributed by atoms with van der Waals surface area (Å²) >= 11 is 0. The Morgan fingerprint density at radius 3 is 3.00 bits per heavy atom. The van der Waals surface area contributed by atoms with E-state index in [1.165, 1.54) is 0 Å². The van der Waals surface area contributed by atoms with Crippen molar-refractivity contribution in [2.75, 3.05) is 13.2 Å². The average Bonchev–Trinajstić information content (AvgIpc) is 2.82. The number of esters is 1. The molecule has 0 aliphatic carbocycles. The maximum atomic E-state index is 12.0. The van der Waals surface area contributed by atoms with Crippen LogP contribution in [0.2, 0.25) is 0 Å². The van der Waals surface area contributed by atoms with Gasteiger partial charge in [0.05, 0.1) is 18.9 Å². The molecule has 0 fully saturated rings. The van der Waals surface area contributed by atoms with E-state index >= 15 is 0 Å². The minimum atomic E-state index is -0.361. The largest absolute Gasteiger partial charge is 0.492 e. The number of carbonyl (C=O) groups excluding carboxylic acids is 1. The first-order valence-corrected chi connectivity index (χ1v) is 7.63. The van der Waals surface area contributed by atoms with Crippen LogP contribution in [-0.4, -0.2) is 29.4 Å². The number of benzene rings is 1. The van der Waals surface area contributed by atoms with Crippen LogP contribution in [0.15, 0.2) is 18.2 Å². The van der Waals surface area contributed by atoms with Crippen LogP contribution < -0.4 is 4.74 Å². The van der Waals surface area contributed by atoms with Gasteiger partial charge in [0.25, 0.3) is 0 Å². The Labute approximate surface area is 129 Å². The number of aromatic amines is 1. The number of fused-ring (bicyclic) bond motifs is 3. The van der Waals surface area contributed by atoms with Crippen molar-refractivity contribution in [3.8, 4) is 17.0 Å². The number of nitrogens with one attached hydrogen (secondary N) is 1. The number of nitrogens with zero attached hydrogens (tertiary/aromatic N) is 1. The molecule has 5 nitrogen and oxygen atoms in total. The number of rotatable bonds is 3. The molecule has 0 spiro atoms. The second-order valence-electron chi connectivity index (χ2n) is 5.62. The molecule has 1 aromatic heterocycles. The molecule has 5 heteroatoms. The van der Waals surface area contributed by atoms with E-state index in [4.69, 9.17) is 9.47 Å². The summed E-state index contributed by atoms with van der Waals surface area (Å²) in [6.45, 7) is 6.94. The first-order valence-electron chi connectivity index (χ1n) is 7.63. The van der Waals surface area contributed by atoms with Gasteiger partial charge < -0.3 is 9.47 Å². The van der Waals surface area contributed by atoms with E-state index in [0.717, 1.165) is 28.1 Å². The summed E-state index contributed by atoms with van der Waals surface area (Å²) in [5.74, 6) is 0.873. The second kappa shape index (κ2) is 5.83. The third-order valence-corrected chi connectivity index (χ3v) is 3.87. The van der Waals surface area contributed by atoms with Gasteiger partial charge in [-0.2, -0.15) is 5.10 Å². The molecule has 0 atom stereocenters. The van der Waals surface area contributed by atoms with E-state index in [-0.39, 0.29) is 5.97 Å². The maximum absolute atomic E-state index is 12.0. The molecule has 0 radical (unpaired) electrons. The highest BCUT2D eigenvalue weighted by atomic mass is 16.5. The molecule has 0 saturated heterocycles. The average molecular weight is 300 g/mol. The van der Waals surface area contributed by atoms with Crippen molar-refractivity contribution in [1.29, 1.82) is 0 Å². The molecule has 0 saturated carbocycles. The molecule has 0 amide bonds. The van der Waals surface area contributed by atoms with Crippen molar-refractivity contribution in [1.82, 2.24) is 10.2 Å². The van der Waals surface area contributed by atoms with Crippen LogP contribution in [0.4, 0.5) is 0 Å². The van der Waals surface area contributed by atoms with Gasteiger partial charge in [-0.15, -0.1) is 0 Å². The van der Waals surface area contributed by atoms with Crippen molar-refractivity contribution >= 4 is 5.97 Å². The molecule has 3 rings (SSSR count). The summed E-state index contributed by atoms with van der Waals surface area (Å²) in [6, 6.07) is 6.07. The van der Waals surface area contributed by atoms with Crippen LogP contribution in [0.25, 0.3) is 11.3 Å². The summed E-state index contributed by atoms with van der Waals surface area (Å²) in [6.07, 6.45) is 0.631. The topological polar surface area (TPSA) is 64.2 Å². The number of aromatic nitrogens is 2. The Hall–Kier alpha value is -2.30. The molecule has 1 aliphatic heterocycles. The van der Waals surface area contributed by atoms with Crippen LogP contribution in [0, 0.1) is 0 Å². The number of hydrogen-bond acceptors (Lipinski definition) is 4. The summed E-state index contributed by atoms with van der Waals surface area (Å²) in [5.41, 5.74) is 4.19.